The Morgan fingerprint density at radius 2 is 1.96 bits per heavy atom. The molecule has 2 heterocycles. The molecule has 136 valence electrons. The van der Waals surface area contributed by atoms with Gasteiger partial charge in [-0.1, -0.05) is 40.2 Å². The van der Waals surface area contributed by atoms with E-state index in [0.717, 1.165) is 18.5 Å². The lowest BCUT2D eigenvalue weighted by Crippen LogP contribution is -2.40. The van der Waals surface area contributed by atoms with E-state index in [0.29, 0.717) is 12.2 Å². The fraction of sp³-hybridized carbons (Fsp3) is 0.556. The first-order valence-corrected chi connectivity index (χ1v) is 8.66. The molecule has 2 amide bonds. The highest BCUT2D eigenvalue weighted by Gasteiger charge is 2.21. The van der Waals surface area contributed by atoms with Crippen molar-refractivity contribution in [3.63, 3.8) is 0 Å². The van der Waals surface area contributed by atoms with Crippen LogP contribution in [0.4, 0.5) is 0 Å². The summed E-state index contributed by atoms with van der Waals surface area (Å²) in [6, 6.07) is 5.42. The predicted octanol–water partition coefficient (Wildman–Crippen LogP) is 2.24. The summed E-state index contributed by atoms with van der Waals surface area (Å²) >= 11 is 0. The van der Waals surface area contributed by atoms with Crippen LogP contribution in [0.15, 0.2) is 24.4 Å². The molecule has 7 nitrogen and oxygen atoms in total. The number of nitrogens with zero attached hydrogens (tertiary/aromatic N) is 3. The van der Waals surface area contributed by atoms with E-state index in [4.69, 9.17) is 0 Å². The number of carbonyl (C=O) groups is 2. The summed E-state index contributed by atoms with van der Waals surface area (Å²) in [4.78, 5) is 24.1. The maximum Gasteiger partial charge on any atom is 0.239 e. The summed E-state index contributed by atoms with van der Waals surface area (Å²) < 4.78 is 1.87. The van der Waals surface area contributed by atoms with E-state index in [1.54, 1.807) is 0 Å². The second-order valence-electron chi connectivity index (χ2n) is 7.41. The number of pyridine rings is 1. The Bertz CT molecular complexity index is 732. The number of hydrogen-bond acceptors (Lipinski definition) is 4. The highest BCUT2D eigenvalue weighted by atomic mass is 16.2. The van der Waals surface area contributed by atoms with Gasteiger partial charge in [0.25, 0.3) is 0 Å². The largest absolute Gasteiger partial charge is 0.347 e. The molecule has 0 aromatic carbocycles. The molecule has 0 aliphatic rings. The van der Waals surface area contributed by atoms with Crippen molar-refractivity contribution in [3.05, 3.63) is 30.2 Å². The lowest BCUT2D eigenvalue weighted by Gasteiger charge is -2.19. The van der Waals surface area contributed by atoms with E-state index >= 15 is 0 Å². The molecule has 0 spiro atoms. The van der Waals surface area contributed by atoms with Crippen molar-refractivity contribution < 1.29 is 9.59 Å². The third kappa shape index (κ3) is 5.55. The zero-order valence-electron chi connectivity index (χ0n) is 15.4. The summed E-state index contributed by atoms with van der Waals surface area (Å²) in [7, 11) is 0. The Balaban J connectivity index is 1.99. The van der Waals surface area contributed by atoms with Crippen LogP contribution in [0.25, 0.3) is 5.65 Å². The summed E-state index contributed by atoms with van der Waals surface area (Å²) in [5, 5.41) is 14.0. The standard InChI is InChI=1S/C18H27N5O2/c1-5-8-13(17-22-21-14-9-6-7-10-23(14)17)20-16(25)12-19-15(24)11-18(2,3)4/h6-7,9-10,13H,5,8,11-12H2,1-4H3,(H,19,24)(H,20,25)/t13-/m1/s1. The van der Waals surface area contributed by atoms with Crippen LogP contribution in [0.2, 0.25) is 0 Å². The van der Waals surface area contributed by atoms with Gasteiger partial charge in [-0.2, -0.15) is 0 Å². The molecule has 0 bridgehead atoms. The third-order valence-corrected chi connectivity index (χ3v) is 3.70. The summed E-state index contributed by atoms with van der Waals surface area (Å²) in [6.07, 6.45) is 3.90. The van der Waals surface area contributed by atoms with Crippen LogP contribution in [0.5, 0.6) is 0 Å². The van der Waals surface area contributed by atoms with Gasteiger partial charge in [0.05, 0.1) is 12.6 Å². The molecule has 2 N–H and O–H groups in total. The van der Waals surface area contributed by atoms with Crippen LogP contribution in [-0.4, -0.2) is 33.0 Å². The number of aromatic nitrogens is 3. The second kappa shape index (κ2) is 8.09. The molecule has 7 heteroatoms. The molecule has 25 heavy (non-hydrogen) atoms. The summed E-state index contributed by atoms with van der Waals surface area (Å²) in [5.41, 5.74) is 0.637. The third-order valence-electron chi connectivity index (χ3n) is 3.70. The minimum atomic E-state index is -0.241. The van der Waals surface area contributed by atoms with Gasteiger partial charge in [-0.25, -0.2) is 0 Å². The smallest absolute Gasteiger partial charge is 0.239 e. The minimum Gasteiger partial charge on any atom is -0.347 e. The van der Waals surface area contributed by atoms with Gasteiger partial charge in [-0.15, -0.1) is 10.2 Å². The first kappa shape index (κ1) is 18.9. The van der Waals surface area contributed by atoms with Crippen molar-refractivity contribution in [2.45, 2.75) is 53.0 Å². The average Bonchev–Trinajstić information content (AvgIpc) is 2.95. The molecule has 0 aliphatic carbocycles. The van der Waals surface area contributed by atoms with Crippen LogP contribution in [0.1, 0.15) is 58.8 Å². The molecule has 0 saturated heterocycles. The molecule has 2 rings (SSSR count). The molecule has 0 fully saturated rings. The van der Waals surface area contributed by atoms with Gasteiger partial charge in [-0.05, 0) is 24.0 Å². The lowest BCUT2D eigenvalue weighted by molar-refractivity contribution is -0.127. The van der Waals surface area contributed by atoms with Crippen LogP contribution >= 0.6 is 0 Å². The molecule has 2 aromatic rings. The summed E-state index contributed by atoms with van der Waals surface area (Å²) in [6.45, 7) is 7.97. The summed E-state index contributed by atoms with van der Waals surface area (Å²) in [5.74, 6) is 0.350. The number of rotatable bonds is 7. The van der Waals surface area contributed by atoms with Crippen LogP contribution in [0, 0.1) is 5.41 Å². The van der Waals surface area contributed by atoms with Gasteiger partial charge in [0.1, 0.15) is 0 Å². The zero-order chi connectivity index (χ0) is 18.4. The number of nitrogens with one attached hydrogen (secondary N) is 2. The van der Waals surface area contributed by atoms with Gasteiger partial charge < -0.3 is 10.6 Å². The molecule has 0 aliphatic heterocycles. The van der Waals surface area contributed by atoms with Gasteiger partial charge >= 0.3 is 0 Å². The Morgan fingerprint density at radius 3 is 2.64 bits per heavy atom. The van der Waals surface area contributed by atoms with Gasteiger partial charge in [0.2, 0.25) is 11.8 Å². The number of amides is 2. The first-order valence-electron chi connectivity index (χ1n) is 8.66. The number of fused-ring (bicyclic) bond motifs is 1. The molecule has 0 saturated carbocycles. The topological polar surface area (TPSA) is 88.4 Å². The van der Waals surface area contributed by atoms with Crippen LogP contribution < -0.4 is 10.6 Å². The van der Waals surface area contributed by atoms with Crippen molar-refractivity contribution in [1.29, 1.82) is 0 Å². The predicted molar refractivity (Wildman–Crippen MR) is 95.9 cm³/mol. The van der Waals surface area contributed by atoms with E-state index in [2.05, 4.69) is 20.8 Å². The van der Waals surface area contributed by atoms with E-state index in [9.17, 15) is 9.59 Å². The Kier molecular flexibility index (Phi) is 6.12. The van der Waals surface area contributed by atoms with Crippen LogP contribution in [-0.2, 0) is 9.59 Å². The first-order chi connectivity index (χ1) is 11.8. The maximum atomic E-state index is 12.2. The van der Waals surface area contributed by atoms with Crippen molar-refractivity contribution in [1.82, 2.24) is 25.2 Å². The Labute approximate surface area is 148 Å². The molecule has 0 unspecified atom stereocenters. The fourth-order valence-corrected chi connectivity index (χ4v) is 2.62. The molecular weight excluding hydrogens is 318 g/mol. The van der Waals surface area contributed by atoms with Crippen LogP contribution in [0.3, 0.4) is 0 Å². The minimum absolute atomic E-state index is 0.0358. The molecule has 1 atom stereocenters. The van der Waals surface area contributed by atoms with Gasteiger partial charge in [0, 0.05) is 12.6 Å². The lowest BCUT2D eigenvalue weighted by atomic mass is 9.92. The molecule has 2 aromatic heterocycles. The molecule has 0 radical (unpaired) electrons. The SMILES string of the molecule is CCC[C@@H](NC(=O)CNC(=O)CC(C)(C)C)c1nnc2ccccn12. The highest BCUT2D eigenvalue weighted by molar-refractivity contribution is 5.85. The highest BCUT2D eigenvalue weighted by Crippen LogP contribution is 2.18. The van der Waals surface area contributed by atoms with Crippen molar-refractivity contribution in [2.24, 2.45) is 5.41 Å². The van der Waals surface area contributed by atoms with Crippen molar-refractivity contribution in [2.75, 3.05) is 6.54 Å². The Hall–Kier alpha value is -2.44. The fourth-order valence-electron chi connectivity index (χ4n) is 2.62. The van der Waals surface area contributed by atoms with Gasteiger partial charge in [0.15, 0.2) is 11.5 Å². The number of hydrogen-bond donors (Lipinski definition) is 2. The van der Waals surface area contributed by atoms with E-state index in [-0.39, 0.29) is 29.8 Å². The average molecular weight is 345 g/mol. The molecular formula is C18H27N5O2. The van der Waals surface area contributed by atoms with Crippen molar-refractivity contribution in [3.8, 4) is 0 Å². The normalized spacial score (nSPS) is 12.8. The Morgan fingerprint density at radius 1 is 1.20 bits per heavy atom. The van der Waals surface area contributed by atoms with E-state index < -0.39 is 0 Å². The monoisotopic (exact) mass is 345 g/mol. The maximum absolute atomic E-state index is 12.2. The van der Waals surface area contributed by atoms with E-state index in [1.807, 2.05) is 56.5 Å². The van der Waals surface area contributed by atoms with Crippen molar-refractivity contribution >= 4 is 17.5 Å². The second-order valence-corrected chi connectivity index (χ2v) is 7.41. The van der Waals surface area contributed by atoms with E-state index in [1.165, 1.54) is 0 Å². The quantitative estimate of drug-likeness (QED) is 0.805. The van der Waals surface area contributed by atoms with Gasteiger partial charge in [-0.3, -0.25) is 14.0 Å². The number of carbonyl (C=O) groups excluding carboxylic acids is 2. The zero-order valence-corrected chi connectivity index (χ0v) is 15.4.